The highest BCUT2D eigenvalue weighted by Crippen LogP contribution is 2.35. The smallest absolute Gasteiger partial charge is 0.373 e. The minimum absolute atomic E-state index is 0.0273. The van der Waals surface area contributed by atoms with Gasteiger partial charge in [-0.15, -0.1) is 0 Å². The van der Waals surface area contributed by atoms with Gasteiger partial charge < -0.3 is 10.1 Å². The van der Waals surface area contributed by atoms with Crippen molar-refractivity contribution in [1.82, 2.24) is 15.0 Å². The Morgan fingerprint density at radius 2 is 2.04 bits per heavy atom. The average Bonchev–Trinajstić information content (AvgIpc) is 2.60. The van der Waals surface area contributed by atoms with Crippen molar-refractivity contribution in [3.05, 3.63) is 68.0 Å². The molecule has 0 fully saturated rings. The molecule has 0 aliphatic carbocycles. The van der Waals surface area contributed by atoms with Crippen LogP contribution in [0.2, 0.25) is 5.02 Å². The Morgan fingerprint density at radius 1 is 1.23 bits per heavy atom. The van der Waals surface area contributed by atoms with Crippen LogP contribution in [0.3, 0.4) is 0 Å². The Morgan fingerprint density at radius 3 is 2.69 bits per heavy atom. The number of rotatable bonds is 5. The maximum atomic E-state index is 11.6. The van der Waals surface area contributed by atoms with E-state index >= 15 is 0 Å². The van der Waals surface area contributed by atoms with Crippen molar-refractivity contribution in [1.29, 1.82) is 0 Å². The Hall–Kier alpha value is -2.78. The van der Waals surface area contributed by atoms with Crippen LogP contribution in [-0.4, -0.2) is 19.9 Å². The zero-order valence-corrected chi connectivity index (χ0v) is 15.7. The van der Waals surface area contributed by atoms with Crippen LogP contribution in [0.1, 0.15) is 5.56 Å². The molecule has 1 aromatic carbocycles. The van der Waals surface area contributed by atoms with Crippen molar-refractivity contribution in [2.45, 2.75) is 6.92 Å². The van der Waals surface area contributed by atoms with E-state index in [1.54, 1.807) is 43.5 Å². The van der Waals surface area contributed by atoms with Crippen molar-refractivity contribution in [2.24, 2.45) is 0 Å². The first kappa shape index (κ1) is 18.0. The summed E-state index contributed by atoms with van der Waals surface area (Å²) >= 11 is 9.26. The van der Waals surface area contributed by atoms with Crippen LogP contribution in [0.15, 0.2) is 47.3 Å². The summed E-state index contributed by atoms with van der Waals surface area (Å²) in [5.74, 6) is 0.552. The Kier molecular flexibility index (Phi) is 5.29. The number of hydrogen-bond acceptors (Lipinski definition) is 7. The maximum absolute atomic E-state index is 11.6. The lowest BCUT2D eigenvalue weighted by Crippen LogP contribution is -2.04. The highest BCUT2D eigenvalue weighted by molar-refractivity contribution is 9.10. The molecule has 0 aliphatic rings. The van der Waals surface area contributed by atoms with E-state index in [-0.39, 0.29) is 11.7 Å². The van der Waals surface area contributed by atoms with E-state index in [1.807, 2.05) is 0 Å². The number of aryl methyl sites for hydroxylation is 1. The van der Waals surface area contributed by atoms with Gasteiger partial charge in [-0.05, 0) is 58.7 Å². The third-order valence-corrected chi connectivity index (χ3v) is 4.18. The third-order valence-electron chi connectivity index (χ3n) is 3.29. The number of halogens is 2. The van der Waals surface area contributed by atoms with Gasteiger partial charge in [0.25, 0.3) is 0 Å². The molecule has 0 spiro atoms. The molecule has 0 amide bonds. The normalized spacial score (nSPS) is 10.4. The summed E-state index contributed by atoms with van der Waals surface area (Å²) in [6.45, 7) is 1.80. The van der Waals surface area contributed by atoms with Crippen LogP contribution < -0.4 is 10.1 Å². The van der Waals surface area contributed by atoms with Crippen LogP contribution in [0.4, 0.5) is 17.3 Å². The molecule has 0 saturated carbocycles. The lowest BCUT2D eigenvalue weighted by molar-refractivity contribution is -0.385. The number of nitrogens with zero attached hydrogens (tertiary/aromatic N) is 4. The summed E-state index contributed by atoms with van der Waals surface area (Å²) in [5.41, 5.74) is 0.378. The molecule has 0 bridgehead atoms. The number of nitrogens with one attached hydrogen (secondary N) is 1. The second-order valence-electron chi connectivity index (χ2n) is 5.13. The van der Waals surface area contributed by atoms with E-state index in [1.165, 1.54) is 6.33 Å². The number of aromatic nitrogens is 3. The molecule has 8 nitrogen and oxygen atoms in total. The number of ether oxygens (including phenoxy) is 1. The molecule has 132 valence electrons. The van der Waals surface area contributed by atoms with Gasteiger partial charge in [-0.1, -0.05) is 11.6 Å². The number of benzene rings is 1. The first-order valence-electron chi connectivity index (χ1n) is 7.26. The molecule has 3 rings (SSSR count). The number of pyridine rings is 1. The summed E-state index contributed by atoms with van der Waals surface area (Å²) < 4.78 is 6.36. The predicted octanol–water partition coefficient (Wildman–Crippen LogP) is 5.04. The summed E-state index contributed by atoms with van der Waals surface area (Å²) in [6.07, 6.45) is 2.73. The van der Waals surface area contributed by atoms with Gasteiger partial charge in [0.1, 0.15) is 17.9 Å². The summed E-state index contributed by atoms with van der Waals surface area (Å²) in [7, 11) is 0. The summed E-state index contributed by atoms with van der Waals surface area (Å²) in [5, 5.41) is 14.9. The van der Waals surface area contributed by atoms with E-state index in [0.717, 1.165) is 10.0 Å². The Balaban J connectivity index is 1.96. The van der Waals surface area contributed by atoms with Gasteiger partial charge in [-0.25, -0.2) is 9.97 Å². The van der Waals surface area contributed by atoms with Gasteiger partial charge in [-0.3, -0.25) is 10.1 Å². The van der Waals surface area contributed by atoms with Crippen LogP contribution >= 0.6 is 27.5 Å². The fraction of sp³-hybridized carbons (Fsp3) is 0.0625. The van der Waals surface area contributed by atoms with Gasteiger partial charge in [0.05, 0.1) is 4.92 Å². The molecule has 2 heterocycles. The van der Waals surface area contributed by atoms with Crippen molar-refractivity contribution in [2.75, 3.05) is 5.32 Å². The molecule has 1 N–H and O–H groups in total. The fourth-order valence-corrected chi connectivity index (χ4v) is 2.41. The molecule has 3 aromatic rings. The lowest BCUT2D eigenvalue weighted by atomic mass is 10.2. The molecule has 0 radical (unpaired) electrons. The van der Waals surface area contributed by atoms with E-state index in [0.29, 0.717) is 16.6 Å². The first-order valence-corrected chi connectivity index (χ1v) is 8.43. The second-order valence-corrected chi connectivity index (χ2v) is 6.46. The highest BCUT2D eigenvalue weighted by Gasteiger charge is 2.25. The van der Waals surface area contributed by atoms with Gasteiger partial charge in [0, 0.05) is 15.7 Å². The van der Waals surface area contributed by atoms with Gasteiger partial charge in [0.15, 0.2) is 0 Å². The molecule has 0 aliphatic heterocycles. The molecule has 26 heavy (non-hydrogen) atoms. The standard InChI is InChI=1S/C16H11BrClN5O3/c1-9-6-11(3-4-12(9)18)26-16-14(23(24)25)15(20-8-21-16)22-13-5-2-10(17)7-19-13/h2-8H,1H3,(H,19,20,21,22). The average molecular weight is 437 g/mol. The van der Waals surface area contributed by atoms with Gasteiger partial charge >= 0.3 is 11.6 Å². The topological polar surface area (TPSA) is 103 Å². The van der Waals surface area contributed by atoms with Crippen molar-refractivity contribution < 1.29 is 9.66 Å². The fourth-order valence-electron chi connectivity index (χ4n) is 2.06. The van der Waals surface area contributed by atoms with E-state index in [4.69, 9.17) is 16.3 Å². The van der Waals surface area contributed by atoms with E-state index in [2.05, 4.69) is 36.2 Å². The zero-order chi connectivity index (χ0) is 18.7. The number of anilines is 2. The molecule has 10 heteroatoms. The number of hydrogen-bond donors (Lipinski definition) is 1. The largest absolute Gasteiger partial charge is 0.434 e. The first-order chi connectivity index (χ1) is 12.4. The molecule has 0 unspecified atom stereocenters. The molecule has 2 aromatic heterocycles. The maximum Gasteiger partial charge on any atom is 0.373 e. The molecule has 0 saturated heterocycles. The lowest BCUT2D eigenvalue weighted by Gasteiger charge is -2.09. The van der Waals surface area contributed by atoms with Crippen molar-refractivity contribution >= 4 is 44.9 Å². The zero-order valence-electron chi connectivity index (χ0n) is 13.3. The third kappa shape index (κ3) is 4.06. The highest BCUT2D eigenvalue weighted by atomic mass is 79.9. The monoisotopic (exact) mass is 435 g/mol. The Labute approximate surface area is 161 Å². The quantitative estimate of drug-likeness (QED) is 0.441. The van der Waals surface area contributed by atoms with Gasteiger partial charge in [-0.2, -0.15) is 4.98 Å². The van der Waals surface area contributed by atoms with Crippen LogP contribution in [0.5, 0.6) is 11.6 Å². The second kappa shape index (κ2) is 7.63. The van der Waals surface area contributed by atoms with E-state index < -0.39 is 10.6 Å². The van der Waals surface area contributed by atoms with Crippen molar-refractivity contribution in [3.8, 4) is 11.6 Å². The molecular weight excluding hydrogens is 426 g/mol. The minimum atomic E-state index is -0.612. The van der Waals surface area contributed by atoms with Gasteiger partial charge in [0.2, 0.25) is 5.82 Å². The minimum Gasteiger partial charge on any atom is -0.434 e. The van der Waals surface area contributed by atoms with Crippen LogP contribution in [0.25, 0.3) is 0 Å². The summed E-state index contributed by atoms with van der Waals surface area (Å²) in [4.78, 5) is 22.9. The van der Waals surface area contributed by atoms with Crippen LogP contribution in [0, 0.1) is 17.0 Å². The Bertz CT molecular complexity index is 969. The molecule has 0 atom stereocenters. The van der Waals surface area contributed by atoms with Crippen LogP contribution in [-0.2, 0) is 0 Å². The predicted molar refractivity (Wildman–Crippen MR) is 100 cm³/mol. The SMILES string of the molecule is Cc1cc(Oc2ncnc(Nc3ccc(Br)cn3)c2[N+](=O)[O-])ccc1Cl. The molecular formula is C16H11BrClN5O3. The van der Waals surface area contributed by atoms with E-state index in [9.17, 15) is 10.1 Å². The number of nitro groups is 1. The van der Waals surface area contributed by atoms with Crippen molar-refractivity contribution in [3.63, 3.8) is 0 Å². The summed E-state index contributed by atoms with van der Waals surface area (Å²) in [6, 6.07) is 8.31.